The monoisotopic (exact) mass is 421 g/mol. The molecule has 1 atom stereocenters. The summed E-state index contributed by atoms with van der Waals surface area (Å²) in [4.78, 5) is 24.5. The molecule has 1 unspecified atom stereocenters. The molecule has 0 heterocycles. The molecule has 0 spiro atoms. The molecule has 7 heteroatoms. The number of rotatable bonds is 7. The smallest absolute Gasteiger partial charge is 0.339 e. The molecule has 6 nitrogen and oxygen atoms in total. The molecule has 1 N–H and O–H groups in total. The Morgan fingerprint density at radius 3 is 2.19 bits per heavy atom. The van der Waals surface area contributed by atoms with E-state index in [1.54, 1.807) is 0 Å². The van der Waals surface area contributed by atoms with Crippen LogP contribution < -0.4 is 14.8 Å². The van der Waals surface area contributed by atoms with Crippen molar-refractivity contribution < 1.29 is 23.8 Å². The zero-order valence-electron chi connectivity index (χ0n) is 14.7. The molecule has 0 aliphatic rings. The average molecular weight is 422 g/mol. The number of methoxy groups -OCH3 is 2. The van der Waals surface area contributed by atoms with Crippen molar-refractivity contribution in [3.8, 4) is 11.5 Å². The van der Waals surface area contributed by atoms with E-state index in [4.69, 9.17) is 14.2 Å². The first-order valence-corrected chi connectivity index (χ1v) is 8.69. The summed E-state index contributed by atoms with van der Waals surface area (Å²) in [5.74, 6) is -0.162. The third-order valence-corrected chi connectivity index (χ3v) is 4.43. The van der Waals surface area contributed by atoms with E-state index >= 15 is 0 Å². The fraction of sp³-hybridized carbons (Fsp3) is 0.263. The number of hydrogen-bond donors (Lipinski definition) is 1. The van der Waals surface area contributed by atoms with Crippen LogP contribution in [0.1, 0.15) is 22.8 Å². The number of amides is 1. The Morgan fingerprint density at radius 1 is 1.08 bits per heavy atom. The largest absolute Gasteiger partial charge is 0.495 e. The SMILES string of the molecule is COc1cc(C(=O)OC(C)C(=O)NCc2ccccc2)cc(OC)c1Br. The summed E-state index contributed by atoms with van der Waals surface area (Å²) in [5, 5.41) is 2.74. The highest BCUT2D eigenvalue weighted by atomic mass is 79.9. The van der Waals surface area contributed by atoms with E-state index in [0.29, 0.717) is 22.5 Å². The van der Waals surface area contributed by atoms with Crippen LogP contribution in [-0.2, 0) is 16.1 Å². The van der Waals surface area contributed by atoms with E-state index < -0.39 is 12.1 Å². The first-order chi connectivity index (χ1) is 12.5. The van der Waals surface area contributed by atoms with Gasteiger partial charge in [-0.1, -0.05) is 30.3 Å². The third-order valence-electron chi connectivity index (χ3n) is 3.64. The lowest BCUT2D eigenvalue weighted by Crippen LogP contribution is -2.35. The number of nitrogens with one attached hydrogen (secondary N) is 1. The lowest BCUT2D eigenvalue weighted by molar-refractivity contribution is -0.129. The summed E-state index contributed by atoms with van der Waals surface area (Å²) in [5.41, 5.74) is 1.19. The van der Waals surface area contributed by atoms with Gasteiger partial charge >= 0.3 is 5.97 Å². The molecule has 2 aromatic rings. The molecule has 0 fully saturated rings. The van der Waals surface area contributed by atoms with Crippen LogP contribution in [0, 0.1) is 0 Å². The molecule has 0 saturated heterocycles. The average Bonchev–Trinajstić information content (AvgIpc) is 2.66. The number of hydrogen-bond acceptors (Lipinski definition) is 5. The molecule has 26 heavy (non-hydrogen) atoms. The molecule has 2 rings (SSSR count). The highest BCUT2D eigenvalue weighted by molar-refractivity contribution is 9.10. The second-order valence-electron chi connectivity index (χ2n) is 5.45. The maximum Gasteiger partial charge on any atom is 0.339 e. The molecule has 0 saturated carbocycles. The molecule has 1 amide bonds. The lowest BCUT2D eigenvalue weighted by Gasteiger charge is -2.15. The van der Waals surface area contributed by atoms with E-state index in [1.807, 2.05) is 30.3 Å². The molecule has 2 aromatic carbocycles. The van der Waals surface area contributed by atoms with Crippen molar-refractivity contribution in [2.45, 2.75) is 19.6 Å². The quantitative estimate of drug-likeness (QED) is 0.693. The van der Waals surface area contributed by atoms with Gasteiger partial charge in [0.15, 0.2) is 6.10 Å². The number of carbonyl (C=O) groups excluding carboxylic acids is 2. The van der Waals surface area contributed by atoms with Crippen LogP contribution in [0.3, 0.4) is 0 Å². The topological polar surface area (TPSA) is 73.9 Å². The van der Waals surface area contributed by atoms with Crippen molar-refractivity contribution in [1.29, 1.82) is 0 Å². The summed E-state index contributed by atoms with van der Waals surface area (Å²) in [6, 6.07) is 12.5. The van der Waals surface area contributed by atoms with Gasteiger partial charge in [-0.3, -0.25) is 4.79 Å². The number of benzene rings is 2. The van der Waals surface area contributed by atoms with Crippen molar-refractivity contribution in [3.63, 3.8) is 0 Å². The van der Waals surface area contributed by atoms with Crippen LogP contribution in [-0.4, -0.2) is 32.2 Å². The van der Waals surface area contributed by atoms with E-state index in [-0.39, 0.29) is 11.5 Å². The lowest BCUT2D eigenvalue weighted by atomic mass is 10.2. The molecule has 0 radical (unpaired) electrons. The zero-order chi connectivity index (χ0) is 19.1. The maximum atomic E-state index is 12.4. The predicted octanol–water partition coefficient (Wildman–Crippen LogP) is 3.33. The fourth-order valence-corrected chi connectivity index (χ4v) is 2.75. The van der Waals surface area contributed by atoms with Crippen LogP contribution in [0.15, 0.2) is 46.9 Å². The van der Waals surface area contributed by atoms with E-state index in [9.17, 15) is 9.59 Å². The highest BCUT2D eigenvalue weighted by Crippen LogP contribution is 2.35. The predicted molar refractivity (Wildman–Crippen MR) is 100 cm³/mol. The second kappa shape index (κ2) is 9.24. The van der Waals surface area contributed by atoms with Gasteiger partial charge in [-0.2, -0.15) is 0 Å². The van der Waals surface area contributed by atoms with Gasteiger partial charge in [0, 0.05) is 6.54 Å². The molecular formula is C19H20BrNO5. The van der Waals surface area contributed by atoms with E-state index in [0.717, 1.165) is 5.56 Å². The van der Waals surface area contributed by atoms with Crippen molar-refractivity contribution in [1.82, 2.24) is 5.32 Å². The number of esters is 1. The Bertz CT molecular complexity index is 754. The van der Waals surface area contributed by atoms with Crippen molar-refractivity contribution in [2.75, 3.05) is 14.2 Å². The molecular weight excluding hydrogens is 402 g/mol. The van der Waals surface area contributed by atoms with Gasteiger partial charge in [-0.05, 0) is 40.5 Å². The van der Waals surface area contributed by atoms with Gasteiger partial charge in [0.05, 0.1) is 19.8 Å². The van der Waals surface area contributed by atoms with Gasteiger partial charge in [-0.15, -0.1) is 0 Å². The number of halogens is 1. The van der Waals surface area contributed by atoms with Crippen LogP contribution in [0.2, 0.25) is 0 Å². The Hall–Kier alpha value is -2.54. The fourth-order valence-electron chi connectivity index (χ4n) is 2.20. The molecule has 0 aromatic heterocycles. The summed E-state index contributed by atoms with van der Waals surface area (Å²) >= 11 is 3.34. The zero-order valence-corrected chi connectivity index (χ0v) is 16.3. The van der Waals surface area contributed by atoms with Gasteiger partial charge in [-0.25, -0.2) is 4.79 Å². The molecule has 138 valence electrons. The Labute approximate surface area is 160 Å². The minimum atomic E-state index is -0.938. The molecule has 0 aliphatic carbocycles. The van der Waals surface area contributed by atoms with Crippen molar-refractivity contribution in [2.24, 2.45) is 0 Å². The third kappa shape index (κ3) is 4.98. The van der Waals surface area contributed by atoms with Crippen LogP contribution in [0.25, 0.3) is 0 Å². The number of carbonyl (C=O) groups is 2. The number of ether oxygens (including phenoxy) is 3. The van der Waals surface area contributed by atoms with Gasteiger partial charge in [0.1, 0.15) is 16.0 Å². The normalized spacial score (nSPS) is 11.4. The second-order valence-corrected chi connectivity index (χ2v) is 6.24. The van der Waals surface area contributed by atoms with E-state index in [1.165, 1.54) is 33.3 Å². The standard InChI is InChI=1S/C19H20BrNO5/c1-12(18(22)21-11-13-7-5-4-6-8-13)26-19(23)14-9-15(24-2)17(20)16(10-14)25-3/h4-10,12H,11H2,1-3H3,(H,21,22). The first-order valence-electron chi connectivity index (χ1n) is 7.90. The maximum absolute atomic E-state index is 12.4. The Kier molecular flexibility index (Phi) is 7.03. The summed E-state index contributed by atoms with van der Waals surface area (Å²) in [6.07, 6.45) is -0.938. The van der Waals surface area contributed by atoms with Gasteiger partial charge in [0.2, 0.25) is 0 Å². The van der Waals surface area contributed by atoms with Crippen LogP contribution >= 0.6 is 15.9 Å². The summed E-state index contributed by atoms with van der Waals surface area (Å²) < 4.78 is 16.2. The van der Waals surface area contributed by atoms with Crippen molar-refractivity contribution >= 4 is 27.8 Å². The minimum Gasteiger partial charge on any atom is -0.495 e. The van der Waals surface area contributed by atoms with Crippen LogP contribution in [0.4, 0.5) is 0 Å². The molecule has 0 bridgehead atoms. The van der Waals surface area contributed by atoms with Crippen LogP contribution in [0.5, 0.6) is 11.5 Å². The minimum absolute atomic E-state index is 0.226. The van der Waals surface area contributed by atoms with Gasteiger partial charge in [0.25, 0.3) is 5.91 Å². The molecule has 0 aliphatic heterocycles. The highest BCUT2D eigenvalue weighted by Gasteiger charge is 2.21. The Balaban J connectivity index is 2.01. The Morgan fingerprint density at radius 2 is 1.65 bits per heavy atom. The van der Waals surface area contributed by atoms with E-state index in [2.05, 4.69) is 21.2 Å². The van der Waals surface area contributed by atoms with Gasteiger partial charge < -0.3 is 19.5 Å². The summed E-state index contributed by atoms with van der Waals surface area (Å²) in [7, 11) is 2.96. The van der Waals surface area contributed by atoms with Crippen molar-refractivity contribution in [3.05, 3.63) is 58.1 Å². The first kappa shape index (κ1) is 19.8. The summed E-state index contributed by atoms with van der Waals surface area (Å²) in [6.45, 7) is 1.88.